The first-order valence-electron chi connectivity index (χ1n) is 9.56. The van der Waals surface area contributed by atoms with Crippen molar-refractivity contribution < 1.29 is 14.1 Å². The Morgan fingerprint density at radius 3 is 2.46 bits per heavy atom. The second-order valence-corrected chi connectivity index (χ2v) is 7.29. The Balaban J connectivity index is 1.19. The highest BCUT2D eigenvalue weighted by Crippen LogP contribution is 2.31. The molecule has 0 atom stereocenters. The van der Waals surface area contributed by atoms with E-state index in [9.17, 15) is 4.79 Å². The van der Waals surface area contributed by atoms with E-state index >= 15 is 0 Å². The molecule has 0 spiro atoms. The minimum atomic E-state index is 0.0679. The summed E-state index contributed by atoms with van der Waals surface area (Å²) in [7, 11) is 0. The van der Waals surface area contributed by atoms with Crippen LogP contribution in [0.25, 0.3) is 22.8 Å². The van der Waals surface area contributed by atoms with Gasteiger partial charge in [0, 0.05) is 29.4 Å². The molecule has 0 bridgehead atoms. The van der Waals surface area contributed by atoms with E-state index in [1.165, 1.54) is 6.42 Å². The maximum absolute atomic E-state index is 12.2. The Bertz CT molecular complexity index is 961. The van der Waals surface area contributed by atoms with E-state index in [0.29, 0.717) is 30.7 Å². The monoisotopic (exact) mass is 376 g/mol. The van der Waals surface area contributed by atoms with Gasteiger partial charge in [-0.1, -0.05) is 11.6 Å². The highest BCUT2D eigenvalue weighted by atomic mass is 16.5. The number of ether oxygens (including phenoxy) is 1. The van der Waals surface area contributed by atoms with E-state index in [2.05, 4.69) is 15.1 Å². The zero-order valence-electron chi connectivity index (χ0n) is 15.3. The van der Waals surface area contributed by atoms with E-state index in [-0.39, 0.29) is 12.0 Å². The summed E-state index contributed by atoms with van der Waals surface area (Å²) in [4.78, 5) is 22.5. The summed E-state index contributed by atoms with van der Waals surface area (Å²) in [6.07, 6.45) is 6.71. The molecular weight excluding hydrogens is 356 g/mol. The van der Waals surface area contributed by atoms with Crippen LogP contribution in [-0.2, 0) is 4.79 Å². The molecule has 1 aliphatic heterocycles. The number of carbonyl (C=O) groups excluding carboxylic acids is 1. The van der Waals surface area contributed by atoms with Crippen LogP contribution in [-0.4, -0.2) is 45.1 Å². The van der Waals surface area contributed by atoms with E-state index in [1.807, 2.05) is 41.3 Å². The molecule has 1 aliphatic carbocycles. The Labute approximate surface area is 162 Å². The van der Waals surface area contributed by atoms with Crippen LogP contribution in [0.2, 0.25) is 0 Å². The number of nitrogens with zero attached hydrogens (tertiary/aromatic N) is 4. The van der Waals surface area contributed by atoms with Crippen LogP contribution in [0.5, 0.6) is 5.75 Å². The van der Waals surface area contributed by atoms with Crippen molar-refractivity contribution in [3.05, 3.63) is 48.8 Å². The van der Waals surface area contributed by atoms with Gasteiger partial charge in [-0.05, 0) is 49.2 Å². The quantitative estimate of drug-likeness (QED) is 0.680. The molecule has 1 aromatic carbocycles. The van der Waals surface area contributed by atoms with Gasteiger partial charge in [-0.2, -0.15) is 4.98 Å². The largest absolute Gasteiger partial charge is 0.487 e. The van der Waals surface area contributed by atoms with E-state index in [0.717, 1.165) is 29.7 Å². The average Bonchev–Trinajstić information content (AvgIpc) is 3.14. The number of benzene rings is 1. The van der Waals surface area contributed by atoms with Gasteiger partial charge in [-0.25, -0.2) is 0 Å². The van der Waals surface area contributed by atoms with Crippen LogP contribution < -0.4 is 4.74 Å². The Hall–Kier alpha value is -3.22. The molecule has 3 heterocycles. The van der Waals surface area contributed by atoms with Crippen molar-refractivity contribution in [3.63, 3.8) is 0 Å². The molecule has 5 rings (SSSR count). The summed E-state index contributed by atoms with van der Waals surface area (Å²) in [6.45, 7) is 1.36. The van der Waals surface area contributed by atoms with Crippen molar-refractivity contribution >= 4 is 5.91 Å². The van der Waals surface area contributed by atoms with Crippen LogP contribution in [0, 0.1) is 5.92 Å². The standard InChI is InChI=1S/C21H20N4O3/c26-21(16-2-1-3-16)25-12-18(13-25)27-17-6-4-14(5-7-17)19-23-20(28-24-19)15-8-10-22-11-9-15/h4-11,16,18H,1-3,12-13H2. The summed E-state index contributed by atoms with van der Waals surface area (Å²) in [5, 5.41) is 4.05. The van der Waals surface area contributed by atoms with Crippen molar-refractivity contribution in [2.24, 2.45) is 5.92 Å². The second kappa shape index (κ2) is 7.07. The van der Waals surface area contributed by atoms with Gasteiger partial charge in [-0.15, -0.1) is 0 Å². The van der Waals surface area contributed by atoms with Gasteiger partial charge < -0.3 is 14.2 Å². The summed E-state index contributed by atoms with van der Waals surface area (Å²) >= 11 is 0. The number of hydrogen-bond acceptors (Lipinski definition) is 6. The molecule has 0 radical (unpaired) electrons. The molecule has 7 nitrogen and oxygen atoms in total. The van der Waals surface area contributed by atoms with Crippen LogP contribution in [0.3, 0.4) is 0 Å². The second-order valence-electron chi connectivity index (χ2n) is 7.29. The summed E-state index contributed by atoms with van der Waals surface area (Å²) in [5.41, 5.74) is 1.69. The molecular formula is C21H20N4O3. The van der Waals surface area contributed by atoms with Gasteiger partial charge in [0.15, 0.2) is 0 Å². The molecule has 1 amide bonds. The van der Waals surface area contributed by atoms with Gasteiger partial charge >= 0.3 is 0 Å². The maximum Gasteiger partial charge on any atom is 0.258 e. The van der Waals surface area contributed by atoms with E-state index in [1.54, 1.807) is 12.4 Å². The molecule has 1 saturated carbocycles. The zero-order valence-corrected chi connectivity index (χ0v) is 15.3. The number of aromatic nitrogens is 3. The van der Waals surface area contributed by atoms with Crippen molar-refractivity contribution in [3.8, 4) is 28.6 Å². The molecule has 2 aromatic heterocycles. The van der Waals surface area contributed by atoms with Gasteiger partial charge in [0.2, 0.25) is 11.7 Å². The molecule has 3 aromatic rings. The number of hydrogen-bond donors (Lipinski definition) is 0. The first-order chi connectivity index (χ1) is 13.8. The Morgan fingerprint density at radius 2 is 1.79 bits per heavy atom. The third-order valence-electron chi connectivity index (χ3n) is 5.38. The maximum atomic E-state index is 12.2. The minimum absolute atomic E-state index is 0.0679. The lowest BCUT2D eigenvalue weighted by Gasteiger charge is -2.42. The predicted molar refractivity (Wildman–Crippen MR) is 101 cm³/mol. The highest BCUT2D eigenvalue weighted by molar-refractivity contribution is 5.80. The third kappa shape index (κ3) is 3.24. The smallest absolute Gasteiger partial charge is 0.258 e. The minimum Gasteiger partial charge on any atom is -0.487 e. The van der Waals surface area contributed by atoms with Crippen molar-refractivity contribution in [1.29, 1.82) is 0 Å². The fourth-order valence-electron chi connectivity index (χ4n) is 3.43. The number of likely N-dealkylation sites (tertiary alicyclic amines) is 1. The summed E-state index contributed by atoms with van der Waals surface area (Å²) < 4.78 is 11.3. The number of carbonyl (C=O) groups is 1. The Kier molecular flexibility index (Phi) is 4.27. The van der Waals surface area contributed by atoms with Crippen LogP contribution in [0.15, 0.2) is 53.3 Å². The summed E-state index contributed by atoms with van der Waals surface area (Å²) in [6, 6.07) is 11.3. The zero-order chi connectivity index (χ0) is 18.9. The highest BCUT2D eigenvalue weighted by Gasteiger charge is 2.37. The van der Waals surface area contributed by atoms with Gasteiger partial charge in [-0.3, -0.25) is 9.78 Å². The number of amides is 1. The SMILES string of the molecule is O=C(C1CCC1)N1CC(Oc2ccc(-c3noc(-c4ccncc4)n3)cc2)C1. The Morgan fingerprint density at radius 1 is 1.04 bits per heavy atom. The number of rotatable bonds is 5. The van der Waals surface area contributed by atoms with Crippen LogP contribution in [0.1, 0.15) is 19.3 Å². The van der Waals surface area contributed by atoms with E-state index in [4.69, 9.17) is 9.26 Å². The van der Waals surface area contributed by atoms with Crippen molar-refractivity contribution in [2.45, 2.75) is 25.4 Å². The molecule has 0 N–H and O–H groups in total. The first-order valence-corrected chi connectivity index (χ1v) is 9.56. The lowest BCUT2D eigenvalue weighted by molar-refractivity contribution is -0.147. The lowest BCUT2D eigenvalue weighted by Crippen LogP contribution is -2.58. The molecule has 7 heteroatoms. The van der Waals surface area contributed by atoms with Crippen molar-refractivity contribution in [1.82, 2.24) is 20.0 Å². The van der Waals surface area contributed by atoms with Gasteiger partial charge in [0.1, 0.15) is 11.9 Å². The molecule has 1 saturated heterocycles. The van der Waals surface area contributed by atoms with E-state index < -0.39 is 0 Å². The first kappa shape index (κ1) is 16.9. The topological polar surface area (TPSA) is 81.4 Å². The normalized spacial score (nSPS) is 17.1. The summed E-state index contributed by atoms with van der Waals surface area (Å²) in [5.74, 6) is 2.32. The molecule has 0 unspecified atom stereocenters. The molecule has 2 aliphatic rings. The predicted octanol–water partition coefficient (Wildman–Crippen LogP) is 3.19. The van der Waals surface area contributed by atoms with Crippen molar-refractivity contribution in [2.75, 3.05) is 13.1 Å². The van der Waals surface area contributed by atoms with Gasteiger partial charge in [0.25, 0.3) is 5.89 Å². The number of pyridine rings is 1. The van der Waals surface area contributed by atoms with Crippen LogP contribution >= 0.6 is 0 Å². The lowest BCUT2D eigenvalue weighted by atomic mass is 9.83. The fourth-order valence-corrected chi connectivity index (χ4v) is 3.43. The third-order valence-corrected chi connectivity index (χ3v) is 5.38. The molecule has 2 fully saturated rings. The average molecular weight is 376 g/mol. The van der Waals surface area contributed by atoms with Crippen LogP contribution in [0.4, 0.5) is 0 Å². The fraction of sp³-hybridized carbons (Fsp3) is 0.333. The molecule has 28 heavy (non-hydrogen) atoms. The molecule has 142 valence electrons. The van der Waals surface area contributed by atoms with Gasteiger partial charge in [0.05, 0.1) is 13.1 Å².